The minimum absolute atomic E-state index is 0.0287. The number of thioether (sulfide) groups is 1. The third-order valence-electron chi connectivity index (χ3n) is 7.55. The fourth-order valence-electron chi connectivity index (χ4n) is 5.33. The highest BCUT2D eigenvalue weighted by molar-refractivity contribution is 8.14. The molecular weight excluding hydrogens is 512 g/mol. The van der Waals surface area contributed by atoms with Gasteiger partial charge in [0.25, 0.3) is 0 Å². The molecule has 2 amide bonds. The van der Waals surface area contributed by atoms with Crippen LogP contribution in [-0.4, -0.2) is 65.4 Å². The summed E-state index contributed by atoms with van der Waals surface area (Å²) in [6, 6.07) is 13.5. The number of nitrogens with one attached hydrogen (secondary N) is 1. The number of likely N-dealkylation sites (tertiary alicyclic amines) is 1. The molecule has 9 heteroatoms. The Morgan fingerprint density at radius 3 is 2.54 bits per heavy atom. The average Bonchev–Trinajstić information content (AvgIpc) is 3.48. The topological polar surface area (TPSA) is 83.5 Å². The van der Waals surface area contributed by atoms with Gasteiger partial charge < -0.3 is 19.7 Å². The van der Waals surface area contributed by atoms with Gasteiger partial charge in [-0.25, -0.2) is 5.01 Å². The van der Waals surface area contributed by atoms with Crippen molar-refractivity contribution in [2.75, 3.05) is 37.8 Å². The summed E-state index contributed by atoms with van der Waals surface area (Å²) in [4.78, 5) is 27.4. The molecule has 2 aromatic carbocycles. The number of carbonyl (C=O) groups is 2. The van der Waals surface area contributed by atoms with Gasteiger partial charge in [0, 0.05) is 30.0 Å². The van der Waals surface area contributed by atoms with E-state index in [0.29, 0.717) is 24.5 Å². The molecule has 3 aliphatic rings. The molecule has 1 aliphatic carbocycles. The average molecular weight is 551 g/mol. The van der Waals surface area contributed by atoms with E-state index in [1.54, 1.807) is 7.11 Å². The van der Waals surface area contributed by atoms with Crippen LogP contribution in [0.4, 0.5) is 10.5 Å². The lowest BCUT2D eigenvalue weighted by Crippen LogP contribution is -2.32. The molecule has 2 fully saturated rings. The minimum atomic E-state index is -0.0789. The Kier molecular flexibility index (Phi) is 9.42. The Labute approximate surface area is 235 Å². The lowest BCUT2D eigenvalue weighted by molar-refractivity contribution is -0.116. The molecule has 2 heterocycles. The van der Waals surface area contributed by atoms with Gasteiger partial charge >= 0.3 is 5.24 Å². The van der Waals surface area contributed by atoms with Crippen molar-refractivity contribution in [3.63, 3.8) is 0 Å². The molecule has 0 atom stereocenters. The molecular formula is C30H38N4O4S. The Morgan fingerprint density at radius 1 is 1.03 bits per heavy atom. The monoisotopic (exact) mass is 550 g/mol. The molecule has 1 N–H and O–H groups in total. The van der Waals surface area contributed by atoms with Gasteiger partial charge in [-0.1, -0.05) is 30.3 Å². The SMILES string of the molecule is COc1ccc(C2=NN(Cc3ccc(NC(=O)CCN4CCCCC4)cc3)C(=O)SC2)cc1OC1CCCC1. The number of anilines is 1. The zero-order valence-electron chi connectivity index (χ0n) is 22.7. The maximum atomic E-state index is 12.7. The molecule has 0 radical (unpaired) electrons. The summed E-state index contributed by atoms with van der Waals surface area (Å²) < 4.78 is 11.8. The molecule has 8 nitrogen and oxygen atoms in total. The van der Waals surface area contributed by atoms with Gasteiger partial charge in [-0.05, 0) is 87.5 Å². The van der Waals surface area contributed by atoms with Crippen molar-refractivity contribution < 1.29 is 19.1 Å². The number of carbonyl (C=O) groups excluding carboxylic acids is 2. The summed E-state index contributed by atoms with van der Waals surface area (Å²) >= 11 is 1.25. The largest absolute Gasteiger partial charge is 0.493 e. The molecule has 0 spiro atoms. The van der Waals surface area contributed by atoms with Crippen molar-refractivity contribution in [1.82, 2.24) is 9.91 Å². The van der Waals surface area contributed by atoms with Crippen molar-refractivity contribution in [3.05, 3.63) is 53.6 Å². The number of methoxy groups -OCH3 is 1. The van der Waals surface area contributed by atoms with E-state index in [0.717, 1.165) is 60.8 Å². The molecule has 0 unspecified atom stereocenters. The lowest BCUT2D eigenvalue weighted by Gasteiger charge is -2.26. The summed E-state index contributed by atoms with van der Waals surface area (Å²) in [7, 11) is 1.65. The molecule has 2 aliphatic heterocycles. The fourth-order valence-corrected chi connectivity index (χ4v) is 6.07. The summed E-state index contributed by atoms with van der Waals surface area (Å²) in [6.07, 6.45) is 8.97. The van der Waals surface area contributed by atoms with Gasteiger partial charge in [-0.2, -0.15) is 5.10 Å². The first kappa shape index (κ1) is 27.5. The number of hydrazone groups is 1. The number of piperidine rings is 1. The number of hydrogen-bond donors (Lipinski definition) is 1. The lowest BCUT2D eigenvalue weighted by atomic mass is 10.1. The molecule has 1 saturated carbocycles. The smallest absolute Gasteiger partial charge is 0.302 e. The van der Waals surface area contributed by atoms with Gasteiger partial charge in [0.1, 0.15) is 0 Å². The van der Waals surface area contributed by atoms with Crippen LogP contribution in [0, 0.1) is 0 Å². The maximum absolute atomic E-state index is 12.7. The number of amides is 2. The molecule has 2 aromatic rings. The Bertz CT molecular complexity index is 1170. The van der Waals surface area contributed by atoms with Gasteiger partial charge in [-0.3, -0.25) is 9.59 Å². The molecule has 0 aromatic heterocycles. The van der Waals surface area contributed by atoms with Gasteiger partial charge in [0.15, 0.2) is 11.5 Å². The van der Waals surface area contributed by atoms with E-state index in [9.17, 15) is 9.59 Å². The molecule has 208 valence electrons. The normalized spacial score (nSPS) is 18.6. The van der Waals surface area contributed by atoms with Crippen molar-refractivity contribution in [2.45, 2.75) is 64.0 Å². The van der Waals surface area contributed by atoms with Gasteiger partial charge in [-0.15, -0.1) is 0 Å². The van der Waals surface area contributed by atoms with Crippen LogP contribution in [0.2, 0.25) is 0 Å². The maximum Gasteiger partial charge on any atom is 0.302 e. The van der Waals surface area contributed by atoms with Crippen LogP contribution in [-0.2, 0) is 11.3 Å². The van der Waals surface area contributed by atoms with Crippen molar-refractivity contribution >= 4 is 34.3 Å². The van der Waals surface area contributed by atoms with Crippen LogP contribution in [0.15, 0.2) is 47.6 Å². The number of hydrogen-bond acceptors (Lipinski definition) is 7. The zero-order valence-corrected chi connectivity index (χ0v) is 23.5. The van der Waals surface area contributed by atoms with E-state index in [4.69, 9.17) is 14.6 Å². The molecule has 0 bridgehead atoms. The summed E-state index contributed by atoms with van der Waals surface area (Å²) in [5, 5.41) is 9.13. The third kappa shape index (κ3) is 7.54. The highest BCUT2D eigenvalue weighted by atomic mass is 32.2. The highest BCUT2D eigenvalue weighted by Crippen LogP contribution is 2.33. The summed E-state index contributed by atoms with van der Waals surface area (Å²) in [6.45, 7) is 3.35. The quantitative estimate of drug-likeness (QED) is 0.396. The zero-order chi connectivity index (χ0) is 27.0. The number of benzene rings is 2. The first-order chi connectivity index (χ1) is 19.1. The third-order valence-corrected chi connectivity index (χ3v) is 8.43. The predicted molar refractivity (Wildman–Crippen MR) is 156 cm³/mol. The molecule has 39 heavy (non-hydrogen) atoms. The number of ether oxygens (including phenoxy) is 2. The highest BCUT2D eigenvalue weighted by Gasteiger charge is 2.24. The number of nitrogens with zero attached hydrogens (tertiary/aromatic N) is 3. The first-order valence-electron chi connectivity index (χ1n) is 14.1. The second-order valence-electron chi connectivity index (χ2n) is 10.4. The molecule has 5 rings (SSSR count). The van der Waals surface area contributed by atoms with Crippen LogP contribution in [0.25, 0.3) is 0 Å². The first-order valence-corrected chi connectivity index (χ1v) is 15.0. The predicted octanol–water partition coefficient (Wildman–Crippen LogP) is 5.90. The van der Waals surface area contributed by atoms with Crippen LogP contribution in [0.1, 0.15) is 62.5 Å². The van der Waals surface area contributed by atoms with Crippen molar-refractivity contribution in [2.24, 2.45) is 5.10 Å². The number of rotatable bonds is 10. The Hall–Kier alpha value is -3.04. The van der Waals surface area contributed by atoms with E-state index in [1.807, 2.05) is 42.5 Å². The van der Waals surface area contributed by atoms with Crippen LogP contribution in [0.3, 0.4) is 0 Å². The minimum Gasteiger partial charge on any atom is -0.493 e. The second-order valence-corrected chi connectivity index (χ2v) is 11.4. The standard InChI is InChI=1S/C30H38N4O4S/c1-37-27-14-11-23(19-28(27)38-25-7-3-4-8-25)26-21-39-30(36)34(32-26)20-22-9-12-24(13-10-22)31-29(35)15-18-33-16-5-2-6-17-33/h9-14,19,25H,2-8,15-18,20-21H2,1H3,(H,31,35). The van der Waals surface area contributed by atoms with E-state index < -0.39 is 0 Å². The van der Waals surface area contributed by atoms with Crippen molar-refractivity contribution in [3.8, 4) is 11.5 Å². The Balaban J connectivity index is 1.20. The van der Waals surface area contributed by atoms with E-state index in [1.165, 1.54) is 48.9 Å². The van der Waals surface area contributed by atoms with Crippen molar-refractivity contribution in [1.29, 1.82) is 0 Å². The van der Waals surface area contributed by atoms with Gasteiger partial charge in [0.2, 0.25) is 5.91 Å². The van der Waals surface area contributed by atoms with E-state index >= 15 is 0 Å². The van der Waals surface area contributed by atoms with E-state index in [-0.39, 0.29) is 17.3 Å². The summed E-state index contributed by atoms with van der Waals surface area (Å²) in [5.74, 6) is 1.97. The Morgan fingerprint density at radius 2 is 1.79 bits per heavy atom. The van der Waals surface area contributed by atoms with E-state index in [2.05, 4.69) is 10.2 Å². The van der Waals surface area contributed by atoms with Crippen LogP contribution in [0.5, 0.6) is 11.5 Å². The summed E-state index contributed by atoms with van der Waals surface area (Å²) in [5.41, 5.74) is 3.46. The van der Waals surface area contributed by atoms with Crippen LogP contribution >= 0.6 is 11.8 Å². The van der Waals surface area contributed by atoms with Crippen LogP contribution < -0.4 is 14.8 Å². The fraction of sp³-hybridized carbons (Fsp3) is 0.500. The molecule has 1 saturated heterocycles. The van der Waals surface area contributed by atoms with Gasteiger partial charge in [0.05, 0.1) is 25.5 Å². The second kappa shape index (κ2) is 13.3.